The Morgan fingerprint density at radius 3 is 2.56 bits per heavy atom. The van der Waals surface area contributed by atoms with Gasteiger partial charge < -0.3 is 15.1 Å². The zero-order chi connectivity index (χ0) is 17.4. The number of benzene rings is 1. The second-order valence-corrected chi connectivity index (χ2v) is 6.73. The third-order valence-corrected chi connectivity index (χ3v) is 4.80. The van der Waals surface area contributed by atoms with Crippen LogP contribution in [-0.2, 0) is 0 Å². The third-order valence-electron chi connectivity index (χ3n) is 4.10. The SMILES string of the molecule is CN=C(NCCCCSC)N1CCN(c2cc(F)ccc2F)CC1.I. The summed E-state index contributed by atoms with van der Waals surface area (Å²) in [5.74, 6) is 1.29. The van der Waals surface area contributed by atoms with Crippen molar-refractivity contribution in [1.29, 1.82) is 0 Å². The maximum absolute atomic E-state index is 13.9. The van der Waals surface area contributed by atoms with Crippen molar-refractivity contribution in [2.45, 2.75) is 12.8 Å². The molecule has 0 radical (unpaired) electrons. The molecule has 1 fully saturated rings. The fourth-order valence-corrected chi connectivity index (χ4v) is 3.28. The topological polar surface area (TPSA) is 30.9 Å². The van der Waals surface area contributed by atoms with Gasteiger partial charge in [-0.25, -0.2) is 8.78 Å². The lowest BCUT2D eigenvalue weighted by molar-refractivity contribution is 0.370. The van der Waals surface area contributed by atoms with E-state index in [4.69, 9.17) is 0 Å². The zero-order valence-corrected chi connectivity index (χ0v) is 17.9. The number of nitrogens with zero attached hydrogens (tertiary/aromatic N) is 3. The van der Waals surface area contributed by atoms with Gasteiger partial charge in [0.25, 0.3) is 0 Å². The van der Waals surface area contributed by atoms with Crippen LogP contribution in [0, 0.1) is 11.6 Å². The minimum absolute atomic E-state index is 0. The Morgan fingerprint density at radius 2 is 1.92 bits per heavy atom. The summed E-state index contributed by atoms with van der Waals surface area (Å²) in [5, 5.41) is 3.39. The van der Waals surface area contributed by atoms with E-state index >= 15 is 0 Å². The number of halogens is 3. The summed E-state index contributed by atoms with van der Waals surface area (Å²) in [5.41, 5.74) is 0.342. The fourth-order valence-electron chi connectivity index (χ4n) is 2.79. The summed E-state index contributed by atoms with van der Waals surface area (Å²) < 4.78 is 27.2. The van der Waals surface area contributed by atoms with Crippen molar-refractivity contribution >= 4 is 47.4 Å². The van der Waals surface area contributed by atoms with E-state index in [-0.39, 0.29) is 29.8 Å². The van der Waals surface area contributed by atoms with Gasteiger partial charge in [0.15, 0.2) is 5.96 Å². The van der Waals surface area contributed by atoms with Crippen molar-refractivity contribution in [2.24, 2.45) is 4.99 Å². The predicted octanol–water partition coefficient (Wildman–Crippen LogP) is 3.42. The van der Waals surface area contributed by atoms with Crippen molar-refractivity contribution in [1.82, 2.24) is 10.2 Å². The highest BCUT2D eigenvalue weighted by Crippen LogP contribution is 2.21. The molecule has 1 aromatic carbocycles. The van der Waals surface area contributed by atoms with E-state index in [1.165, 1.54) is 24.3 Å². The van der Waals surface area contributed by atoms with Crippen LogP contribution >= 0.6 is 35.7 Å². The van der Waals surface area contributed by atoms with Gasteiger partial charge in [0.2, 0.25) is 0 Å². The Labute approximate surface area is 170 Å². The van der Waals surface area contributed by atoms with E-state index in [2.05, 4.69) is 21.5 Å². The highest BCUT2D eigenvalue weighted by atomic mass is 127. The molecule has 142 valence electrons. The number of aliphatic imine (C=N–C) groups is 1. The molecule has 0 atom stereocenters. The molecule has 0 aliphatic carbocycles. The van der Waals surface area contributed by atoms with Crippen LogP contribution < -0.4 is 10.2 Å². The van der Waals surface area contributed by atoms with Crippen molar-refractivity contribution in [3.8, 4) is 0 Å². The first kappa shape index (κ1) is 22.3. The molecule has 1 saturated heterocycles. The van der Waals surface area contributed by atoms with E-state index < -0.39 is 5.82 Å². The van der Waals surface area contributed by atoms with E-state index in [1.54, 1.807) is 7.05 Å². The van der Waals surface area contributed by atoms with Crippen LogP contribution in [0.5, 0.6) is 0 Å². The van der Waals surface area contributed by atoms with Gasteiger partial charge in [0.1, 0.15) is 11.6 Å². The summed E-state index contributed by atoms with van der Waals surface area (Å²) in [6, 6.07) is 3.60. The van der Waals surface area contributed by atoms with Gasteiger partial charge >= 0.3 is 0 Å². The average molecular weight is 484 g/mol. The zero-order valence-electron chi connectivity index (χ0n) is 14.8. The van der Waals surface area contributed by atoms with Crippen molar-refractivity contribution in [3.05, 3.63) is 29.8 Å². The summed E-state index contributed by atoms with van der Waals surface area (Å²) in [6.45, 7) is 3.67. The second kappa shape index (κ2) is 11.8. The van der Waals surface area contributed by atoms with E-state index in [1.807, 2.05) is 16.7 Å². The van der Waals surface area contributed by atoms with E-state index in [9.17, 15) is 8.78 Å². The molecule has 0 aromatic heterocycles. The quantitative estimate of drug-likeness (QED) is 0.290. The highest BCUT2D eigenvalue weighted by molar-refractivity contribution is 14.0. The maximum atomic E-state index is 13.9. The Bertz CT molecular complexity index is 551. The minimum Gasteiger partial charge on any atom is -0.366 e. The highest BCUT2D eigenvalue weighted by Gasteiger charge is 2.21. The monoisotopic (exact) mass is 484 g/mol. The smallest absolute Gasteiger partial charge is 0.193 e. The van der Waals surface area contributed by atoms with Gasteiger partial charge in [-0.15, -0.1) is 24.0 Å². The Morgan fingerprint density at radius 1 is 1.20 bits per heavy atom. The van der Waals surface area contributed by atoms with Gasteiger partial charge in [-0.3, -0.25) is 4.99 Å². The summed E-state index contributed by atoms with van der Waals surface area (Å²) in [7, 11) is 1.78. The number of hydrogen-bond donors (Lipinski definition) is 1. The first-order valence-electron chi connectivity index (χ1n) is 8.30. The number of anilines is 1. The molecule has 25 heavy (non-hydrogen) atoms. The molecule has 0 amide bonds. The molecular formula is C17H27F2IN4S. The fraction of sp³-hybridized carbons (Fsp3) is 0.588. The van der Waals surface area contributed by atoms with Gasteiger partial charge in [-0.1, -0.05) is 0 Å². The number of unbranched alkanes of at least 4 members (excludes halogenated alkanes) is 1. The molecule has 0 spiro atoms. The van der Waals surface area contributed by atoms with Crippen molar-refractivity contribution in [3.63, 3.8) is 0 Å². The lowest BCUT2D eigenvalue weighted by Gasteiger charge is -2.37. The number of hydrogen-bond acceptors (Lipinski definition) is 3. The van der Waals surface area contributed by atoms with Crippen LogP contribution in [-0.4, -0.2) is 62.6 Å². The number of rotatable bonds is 6. The second-order valence-electron chi connectivity index (χ2n) is 5.74. The van der Waals surface area contributed by atoms with Crippen LogP contribution in [0.4, 0.5) is 14.5 Å². The van der Waals surface area contributed by atoms with Gasteiger partial charge in [0, 0.05) is 45.8 Å². The van der Waals surface area contributed by atoms with E-state index in [0.29, 0.717) is 18.8 Å². The van der Waals surface area contributed by atoms with Crippen LogP contribution in [0.2, 0.25) is 0 Å². The number of piperazine rings is 1. The van der Waals surface area contributed by atoms with E-state index in [0.717, 1.165) is 38.1 Å². The Balaban J connectivity index is 0.00000312. The summed E-state index contributed by atoms with van der Waals surface area (Å²) >= 11 is 1.86. The molecule has 0 bridgehead atoms. The van der Waals surface area contributed by atoms with Gasteiger partial charge in [0.05, 0.1) is 5.69 Å². The van der Waals surface area contributed by atoms with Crippen LogP contribution in [0.15, 0.2) is 23.2 Å². The molecule has 4 nitrogen and oxygen atoms in total. The van der Waals surface area contributed by atoms with Gasteiger partial charge in [-0.2, -0.15) is 11.8 Å². The van der Waals surface area contributed by atoms with Crippen molar-refractivity contribution in [2.75, 3.05) is 56.7 Å². The summed E-state index contributed by atoms with van der Waals surface area (Å²) in [6.07, 6.45) is 4.43. The Hall–Kier alpha value is -0.770. The van der Waals surface area contributed by atoms with Crippen LogP contribution in [0.1, 0.15) is 12.8 Å². The third kappa shape index (κ3) is 6.80. The molecule has 1 aliphatic rings. The number of guanidine groups is 1. The molecule has 1 aromatic rings. The molecule has 2 rings (SSSR count). The molecule has 8 heteroatoms. The molecule has 1 aliphatic heterocycles. The van der Waals surface area contributed by atoms with Crippen molar-refractivity contribution < 1.29 is 8.78 Å². The van der Waals surface area contributed by atoms with Gasteiger partial charge in [-0.05, 0) is 37.0 Å². The summed E-state index contributed by atoms with van der Waals surface area (Å²) in [4.78, 5) is 8.39. The maximum Gasteiger partial charge on any atom is 0.193 e. The first-order chi connectivity index (χ1) is 11.7. The average Bonchev–Trinajstić information content (AvgIpc) is 2.60. The molecule has 0 saturated carbocycles. The van der Waals surface area contributed by atoms with Crippen LogP contribution in [0.25, 0.3) is 0 Å². The normalized spacial score (nSPS) is 15.1. The van der Waals surface area contributed by atoms with Crippen LogP contribution in [0.3, 0.4) is 0 Å². The standard InChI is InChI=1S/C17H26F2N4S.HI/c1-20-17(21-7-3-4-12-24-2)23-10-8-22(9-11-23)16-13-14(18)5-6-15(16)19;/h5-6,13H,3-4,7-12H2,1-2H3,(H,20,21);1H. The molecule has 1 heterocycles. The number of nitrogens with one attached hydrogen (secondary N) is 1. The number of thioether (sulfide) groups is 1. The lowest BCUT2D eigenvalue weighted by Crippen LogP contribution is -2.52. The molecule has 1 N–H and O–H groups in total. The molecule has 0 unspecified atom stereocenters. The largest absolute Gasteiger partial charge is 0.366 e. The first-order valence-corrected chi connectivity index (χ1v) is 9.69. The Kier molecular flexibility index (Phi) is 10.5. The predicted molar refractivity (Wildman–Crippen MR) is 115 cm³/mol. The lowest BCUT2D eigenvalue weighted by atomic mass is 10.2. The molecular weight excluding hydrogens is 457 g/mol. The minimum atomic E-state index is -0.406.